The topological polar surface area (TPSA) is 67.2 Å². The van der Waals surface area contributed by atoms with Gasteiger partial charge in [0.2, 0.25) is 0 Å². The van der Waals surface area contributed by atoms with Gasteiger partial charge in [0, 0.05) is 30.4 Å². The first-order valence-corrected chi connectivity index (χ1v) is 7.09. The molecule has 0 fully saturated rings. The summed E-state index contributed by atoms with van der Waals surface area (Å²) in [6.45, 7) is 2.81. The number of nitrogens with zero attached hydrogens (tertiary/aromatic N) is 1. The largest absolute Gasteiger partial charge is 0.384 e. The first kappa shape index (κ1) is 14.3. The van der Waals surface area contributed by atoms with E-state index in [4.69, 9.17) is 0 Å². The van der Waals surface area contributed by atoms with E-state index >= 15 is 0 Å². The van der Waals surface area contributed by atoms with Crippen LogP contribution in [0.5, 0.6) is 0 Å². The molecule has 0 atom stereocenters. The smallest absolute Gasteiger partial charge is 0.292 e. The van der Waals surface area contributed by atoms with E-state index < -0.39 is 4.92 Å². The highest BCUT2D eigenvalue weighted by Gasteiger charge is 2.23. The number of fused-ring (bicyclic) bond motifs is 1. The summed E-state index contributed by atoms with van der Waals surface area (Å²) in [7, 11) is 0. The molecule has 5 nitrogen and oxygen atoms in total. The summed E-state index contributed by atoms with van der Waals surface area (Å²) < 4.78 is 13.6. The van der Waals surface area contributed by atoms with Crippen molar-refractivity contribution in [3.63, 3.8) is 0 Å². The van der Waals surface area contributed by atoms with Crippen LogP contribution in [0, 0.1) is 22.9 Å². The molecule has 1 heterocycles. The van der Waals surface area contributed by atoms with Gasteiger partial charge in [0.05, 0.1) is 4.92 Å². The second kappa shape index (κ2) is 5.63. The van der Waals surface area contributed by atoms with Crippen LogP contribution in [0.2, 0.25) is 0 Å². The molecule has 6 heteroatoms. The third kappa shape index (κ3) is 2.59. The van der Waals surface area contributed by atoms with Gasteiger partial charge >= 0.3 is 0 Å². The molecule has 3 rings (SSSR count). The zero-order valence-corrected chi connectivity index (χ0v) is 12.1. The van der Waals surface area contributed by atoms with Crippen molar-refractivity contribution in [2.45, 2.75) is 19.9 Å². The van der Waals surface area contributed by atoms with Crippen molar-refractivity contribution in [1.82, 2.24) is 0 Å². The van der Waals surface area contributed by atoms with E-state index in [1.807, 2.05) is 6.07 Å². The fraction of sp³-hybridized carbons (Fsp3) is 0.250. The first-order chi connectivity index (χ1) is 10.6. The Bertz CT molecular complexity index is 746. The maximum absolute atomic E-state index is 13.6. The second-order valence-electron chi connectivity index (χ2n) is 5.36. The Morgan fingerprint density at radius 1 is 1.36 bits per heavy atom. The molecule has 0 amide bonds. The van der Waals surface area contributed by atoms with Crippen LogP contribution in [0.15, 0.2) is 30.3 Å². The molecule has 0 aromatic heterocycles. The molecule has 2 N–H and O–H groups in total. The third-order valence-electron chi connectivity index (χ3n) is 3.88. The molecule has 1 aliphatic rings. The zero-order chi connectivity index (χ0) is 15.7. The lowest BCUT2D eigenvalue weighted by Gasteiger charge is -2.12. The Hall–Kier alpha value is -2.63. The number of nitro groups is 1. The molecule has 0 bridgehead atoms. The molecular weight excluding hydrogens is 285 g/mol. The van der Waals surface area contributed by atoms with Gasteiger partial charge in [-0.2, -0.15) is 0 Å². The molecule has 1 aliphatic heterocycles. The van der Waals surface area contributed by atoms with E-state index in [2.05, 4.69) is 10.6 Å². The number of benzene rings is 2. The molecule has 2 aromatic rings. The average molecular weight is 301 g/mol. The number of nitro benzene ring substituents is 1. The molecule has 22 heavy (non-hydrogen) atoms. The van der Waals surface area contributed by atoms with Crippen LogP contribution in [-0.4, -0.2) is 11.5 Å². The van der Waals surface area contributed by atoms with Gasteiger partial charge in [-0.1, -0.05) is 12.1 Å². The summed E-state index contributed by atoms with van der Waals surface area (Å²) in [6, 6.07) is 8.21. The first-order valence-electron chi connectivity index (χ1n) is 7.09. The highest BCUT2D eigenvalue weighted by molar-refractivity contribution is 5.77. The number of hydrogen-bond acceptors (Lipinski definition) is 4. The second-order valence-corrected chi connectivity index (χ2v) is 5.36. The molecule has 0 unspecified atom stereocenters. The molecule has 0 aliphatic carbocycles. The standard InChI is InChI=1S/C16H16FN3O2/c1-10-2-3-11(8-13(10)17)9-19-16-12-6-7-18-14(12)4-5-15(16)20(21)22/h2-5,8,18-19H,6-7,9H2,1H3. The minimum atomic E-state index is -0.392. The van der Waals surface area contributed by atoms with Gasteiger partial charge in [-0.3, -0.25) is 10.1 Å². The minimum absolute atomic E-state index is 0.0510. The number of rotatable bonds is 4. The van der Waals surface area contributed by atoms with Gasteiger partial charge < -0.3 is 10.6 Å². The normalized spacial score (nSPS) is 12.6. The third-order valence-corrected chi connectivity index (χ3v) is 3.88. The predicted octanol–water partition coefficient (Wildman–Crippen LogP) is 3.62. The number of anilines is 2. The number of hydrogen-bond donors (Lipinski definition) is 2. The highest BCUT2D eigenvalue weighted by atomic mass is 19.1. The van der Waals surface area contributed by atoms with Gasteiger partial charge in [-0.05, 0) is 36.6 Å². The summed E-state index contributed by atoms with van der Waals surface area (Å²) >= 11 is 0. The van der Waals surface area contributed by atoms with E-state index in [0.717, 1.165) is 29.8 Å². The maximum Gasteiger partial charge on any atom is 0.292 e. The van der Waals surface area contributed by atoms with Gasteiger partial charge in [0.15, 0.2) is 0 Å². The Morgan fingerprint density at radius 2 is 2.18 bits per heavy atom. The van der Waals surface area contributed by atoms with E-state index in [-0.39, 0.29) is 11.5 Å². The maximum atomic E-state index is 13.6. The Morgan fingerprint density at radius 3 is 2.91 bits per heavy atom. The number of aryl methyl sites for hydroxylation is 1. The molecule has 114 valence electrons. The van der Waals surface area contributed by atoms with Crippen molar-refractivity contribution in [3.8, 4) is 0 Å². The van der Waals surface area contributed by atoms with Crippen LogP contribution in [0.1, 0.15) is 16.7 Å². The number of halogens is 1. The molecule has 0 saturated carbocycles. The van der Waals surface area contributed by atoms with E-state index in [0.29, 0.717) is 17.8 Å². The van der Waals surface area contributed by atoms with Crippen LogP contribution in [-0.2, 0) is 13.0 Å². The van der Waals surface area contributed by atoms with Gasteiger partial charge in [0.25, 0.3) is 5.69 Å². The van der Waals surface area contributed by atoms with Crippen molar-refractivity contribution in [2.75, 3.05) is 17.2 Å². The Labute approximate surface area is 127 Å². The molecule has 2 aromatic carbocycles. The molecule has 0 spiro atoms. The quantitative estimate of drug-likeness (QED) is 0.668. The Balaban J connectivity index is 1.89. The lowest BCUT2D eigenvalue weighted by atomic mass is 10.1. The van der Waals surface area contributed by atoms with Crippen molar-refractivity contribution < 1.29 is 9.31 Å². The summed E-state index contributed by atoms with van der Waals surface area (Å²) in [5.41, 5.74) is 3.74. The Kier molecular flexibility index (Phi) is 3.66. The van der Waals surface area contributed by atoms with Crippen LogP contribution < -0.4 is 10.6 Å². The SMILES string of the molecule is Cc1ccc(CNc2c([N+](=O)[O-])ccc3c2CCN3)cc1F. The lowest BCUT2D eigenvalue weighted by molar-refractivity contribution is -0.384. The zero-order valence-electron chi connectivity index (χ0n) is 12.1. The van der Waals surface area contributed by atoms with Crippen molar-refractivity contribution in [3.05, 3.63) is 63.0 Å². The van der Waals surface area contributed by atoms with Crippen LogP contribution >= 0.6 is 0 Å². The lowest BCUT2D eigenvalue weighted by Crippen LogP contribution is -2.05. The van der Waals surface area contributed by atoms with E-state index in [1.165, 1.54) is 12.1 Å². The fourth-order valence-electron chi connectivity index (χ4n) is 2.67. The summed E-state index contributed by atoms with van der Waals surface area (Å²) in [4.78, 5) is 10.8. The van der Waals surface area contributed by atoms with E-state index in [1.54, 1.807) is 19.1 Å². The van der Waals surface area contributed by atoms with Crippen molar-refractivity contribution >= 4 is 17.1 Å². The fourth-order valence-corrected chi connectivity index (χ4v) is 2.67. The summed E-state index contributed by atoms with van der Waals surface area (Å²) in [5.74, 6) is -0.270. The molecule has 0 saturated heterocycles. The predicted molar refractivity (Wildman–Crippen MR) is 83.8 cm³/mol. The van der Waals surface area contributed by atoms with Gasteiger partial charge in [-0.25, -0.2) is 4.39 Å². The highest BCUT2D eigenvalue weighted by Crippen LogP contribution is 2.37. The van der Waals surface area contributed by atoms with Gasteiger partial charge in [-0.15, -0.1) is 0 Å². The summed E-state index contributed by atoms with van der Waals surface area (Å²) in [6.07, 6.45) is 0.738. The van der Waals surface area contributed by atoms with E-state index in [9.17, 15) is 14.5 Å². The minimum Gasteiger partial charge on any atom is -0.384 e. The number of nitrogens with one attached hydrogen (secondary N) is 2. The summed E-state index contributed by atoms with van der Waals surface area (Å²) in [5, 5.41) is 17.5. The van der Waals surface area contributed by atoms with Crippen LogP contribution in [0.4, 0.5) is 21.5 Å². The van der Waals surface area contributed by atoms with Gasteiger partial charge in [0.1, 0.15) is 11.5 Å². The average Bonchev–Trinajstić information content (AvgIpc) is 2.96. The van der Waals surface area contributed by atoms with Crippen LogP contribution in [0.3, 0.4) is 0 Å². The molecular formula is C16H16FN3O2. The molecule has 0 radical (unpaired) electrons. The monoisotopic (exact) mass is 301 g/mol. The van der Waals surface area contributed by atoms with Crippen molar-refractivity contribution in [2.24, 2.45) is 0 Å². The van der Waals surface area contributed by atoms with Crippen molar-refractivity contribution in [1.29, 1.82) is 0 Å². The van der Waals surface area contributed by atoms with Crippen LogP contribution in [0.25, 0.3) is 0 Å².